The van der Waals surface area contributed by atoms with E-state index in [2.05, 4.69) is 14.7 Å². The maximum absolute atomic E-state index is 14.8. The molecule has 0 radical (unpaired) electrons. The van der Waals surface area contributed by atoms with Gasteiger partial charge in [-0.05, 0) is 61.1 Å². The van der Waals surface area contributed by atoms with Gasteiger partial charge in [-0.15, -0.1) is 11.3 Å². The number of nitrogens with two attached hydrogens (primary N) is 1. The summed E-state index contributed by atoms with van der Waals surface area (Å²) in [5, 5.41) is 7.26. The molecule has 0 aliphatic heterocycles. The number of thiazole rings is 1. The zero-order valence-corrected chi connectivity index (χ0v) is 23.0. The molecule has 1 saturated carbocycles. The molecule has 0 bridgehead atoms. The summed E-state index contributed by atoms with van der Waals surface area (Å²) >= 11 is 1.49. The molecular formula is C30H23F3N6O2S. The number of benzene rings is 2. The van der Waals surface area contributed by atoms with Crippen molar-refractivity contribution in [3.8, 4) is 28.1 Å². The molecule has 42 heavy (non-hydrogen) atoms. The van der Waals surface area contributed by atoms with Crippen LogP contribution in [0.5, 0.6) is 5.75 Å². The van der Waals surface area contributed by atoms with Crippen molar-refractivity contribution < 1.29 is 17.9 Å². The third-order valence-corrected chi connectivity index (χ3v) is 8.56. The molecule has 12 heteroatoms. The lowest BCUT2D eigenvalue weighted by molar-refractivity contribution is -0.0521. The smallest absolute Gasteiger partial charge is 0.387 e. The van der Waals surface area contributed by atoms with Crippen LogP contribution in [0.1, 0.15) is 30.1 Å². The third-order valence-electron chi connectivity index (χ3n) is 7.56. The summed E-state index contributed by atoms with van der Waals surface area (Å²) in [6.07, 6.45) is 3.16. The number of nitrogens with zero attached hydrogens (tertiary/aromatic N) is 5. The zero-order valence-electron chi connectivity index (χ0n) is 22.2. The van der Waals surface area contributed by atoms with Crippen LogP contribution in [0.25, 0.3) is 38.2 Å². The second-order valence-electron chi connectivity index (χ2n) is 10.3. The van der Waals surface area contributed by atoms with Gasteiger partial charge in [0.15, 0.2) is 17.2 Å². The summed E-state index contributed by atoms with van der Waals surface area (Å²) in [4.78, 5) is 23.6. The van der Waals surface area contributed by atoms with Crippen molar-refractivity contribution in [1.82, 2.24) is 24.1 Å². The van der Waals surface area contributed by atoms with Gasteiger partial charge in [0, 0.05) is 16.6 Å². The Morgan fingerprint density at radius 3 is 2.57 bits per heavy atom. The first-order chi connectivity index (χ1) is 20.3. The monoisotopic (exact) mass is 588 g/mol. The molecule has 4 heterocycles. The molecule has 1 aliphatic rings. The minimum atomic E-state index is -3.17. The molecule has 6 aromatic rings. The number of ether oxygens (including phenoxy) is 1. The number of halogens is 3. The van der Waals surface area contributed by atoms with E-state index in [-0.39, 0.29) is 17.3 Å². The average molecular weight is 589 g/mol. The van der Waals surface area contributed by atoms with Gasteiger partial charge in [-0.25, -0.2) is 19.0 Å². The van der Waals surface area contributed by atoms with Crippen LogP contribution in [-0.2, 0) is 0 Å². The van der Waals surface area contributed by atoms with Gasteiger partial charge in [-0.3, -0.25) is 9.20 Å². The fraction of sp³-hybridized carbons (Fsp3) is 0.200. The van der Waals surface area contributed by atoms with Crippen molar-refractivity contribution in [3.05, 3.63) is 93.7 Å². The molecule has 2 aromatic carbocycles. The van der Waals surface area contributed by atoms with Crippen LogP contribution in [-0.4, -0.2) is 30.8 Å². The fourth-order valence-corrected chi connectivity index (χ4v) is 6.50. The van der Waals surface area contributed by atoms with Crippen LogP contribution < -0.4 is 16.0 Å². The highest BCUT2D eigenvalue weighted by molar-refractivity contribution is 7.15. The molecule has 0 unspecified atom stereocenters. The van der Waals surface area contributed by atoms with Gasteiger partial charge in [-0.1, -0.05) is 30.3 Å². The predicted octanol–water partition coefficient (Wildman–Crippen LogP) is 6.47. The minimum absolute atomic E-state index is 0.124. The van der Waals surface area contributed by atoms with Crippen molar-refractivity contribution in [3.63, 3.8) is 0 Å². The maximum atomic E-state index is 14.8. The number of nitrogen functional groups attached to an aromatic ring is 1. The second-order valence-corrected chi connectivity index (χ2v) is 11.1. The van der Waals surface area contributed by atoms with Crippen molar-refractivity contribution in [1.29, 1.82) is 0 Å². The van der Waals surface area contributed by atoms with Crippen LogP contribution in [0.15, 0.2) is 71.1 Å². The average Bonchev–Trinajstić information content (AvgIpc) is 3.62. The largest absolute Gasteiger partial charge is 0.432 e. The van der Waals surface area contributed by atoms with Crippen LogP contribution in [0.3, 0.4) is 0 Å². The SMILES string of the molecule is Cc1csc2cc([C@H](C3CC3)n3nc(-c4ccc(OC(F)F)c(F)c4)c4c(N)ncnc43)c(-c3ccccc3)c(=O)n12. The van der Waals surface area contributed by atoms with Crippen LogP contribution >= 0.6 is 11.3 Å². The summed E-state index contributed by atoms with van der Waals surface area (Å²) in [6.45, 7) is -1.26. The lowest BCUT2D eigenvalue weighted by Crippen LogP contribution is -2.23. The number of alkyl halides is 2. The zero-order chi connectivity index (χ0) is 29.1. The van der Waals surface area contributed by atoms with Crippen molar-refractivity contribution in [2.75, 3.05) is 5.73 Å². The van der Waals surface area contributed by atoms with E-state index < -0.39 is 24.2 Å². The Labute approximate surface area is 240 Å². The summed E-state index contributed by atoms with van der Waals surface area (Å²) in [6, 6.07) is 14.8. The van der Waals surface area contributed by atoms with Gasteiger partial charge >= 0.3 is 6.61 Å². The normalized spacial score (nSPS) is 14.2. The first-order valence-electron chi connectivity index (χ1n) is 13.2. The predicted molar refractivity (Wildman–Crippen MR) is 154 cm³/mol. The Bertz CT molecular complexity index is 2030. The fourth-order valence-electron chi connectivity index (χ4n) is 5.58. The minimum Gasteiger partial charge on any atom is -0.432 e. The molecule has 1 fully saturated rings. The number of rotatable bonds is 7. The molecule has 4 aromatic heterocycles. The van der Waals surface area contributed by atoms with Gasteiger partial charge in [0.2, 0.25) is 0 Å². The highest BCUT2D eigenvalue weighted by Gasteiger charge is 2.39. The van der Waals surface area contributed by atoms with Crippen molar-refractivity contribution in [2.45, 2.75) is 32.4 Å². The Morgan fingerprint density at radius 1 is 1.07 bits per heavy atom. The van der Waals surface area contributed by atoms with E-state index in [1.54, 1.807) is 9.08 Å². The molecule has 2 N–H and O–H groups in total. The van der Waals surface area contributed by atoms with Gasteiger partial charge in [0.25, 0.3) is 5.56 Å². The quantitative estimate of drug-likeness (QED) is 0.230. The van der Waals surface area contributed by atoms with Gasteiger partial charge < -0.3 is 10.5 Å². The van der Waals surface area contributed by atoms with Gasteiger partial charge in [0.05, 0.1) is 17.0 Å². The van der Waals surface area contributed by atoms with E-state index in [1.165, 1.54) is 23.7 Å². The molecule has 0 amide bonds. The van der Waals surface area contributed by atoms with E-state index in [9.17, 15) is 18.0 Å². The standard InChI is InChI=1S/C30H23F3N6O2S/c1-15-13-42-22-12-19(23(29(40)38(15)22)16-5-3-2-4-6-16)26(17-7-8-17)39-28-24(27(34)35-14-36-28)25(37-39)18-9-10-21(20(31)11-18)41-30(32)33/h2-6,9-14,17,26,30H,7-8H2,1H3,(H2,34,35,36)/t26-/m0/s1. The van der Waals surface area contributed by atoms with E-state index in [0.717, 1.165) is 46.6 Å². The van der Waals surface area contributed by atoms with E-state index in [0.29, 0.717) is 27.9 Å². The summed E-state index contributed by atoms with van der Waals surface area (Å²) in [5.41, 5.74) is 10.2. The molecule has 0 spiro atoms. The molecule has 1 aliphatic carbocycles. The van der Waals surface area contributed by atoms with Crippen LogP contribution in [0.4, 0.5) is 19.0 Å². The van der Waals surface area contributed by atoms with E-state index in [4.69, 9.17) is 10.8 Å². The molecular weight excluding hydrogens is 565 g/mol. The van der Waals surface area contributed by atoms with Gasteiger partial charge in [-0.2, -0.15) is 13.9 Å². The number of anilines is 1. The lowest BCUT2D eigenvalue weighted by Gasteiger charge is -2.22. The summed E-state index contributed by atoms with van der Waals surface area (Å²) in [7, 11) is 0. The second kappa shape index (κ2) is 9.98. The number of hydrogen-bond donors (Lipinski definition) is 1. The van der Waals surface area contributed by atoms with Crippen LogP contribution in [0, 0.1) is 18.7 Å². The maximum Gasteiger partial charge on any atom is 0.387 e. The Balaban J connectivity index is 1.49. The molecule has 212 valence electrons. The first kappa shape index (κ1) is 26.2. The summed E-state index contributed by atoms with van der Waals surface area (Å²) in [5.74, 6) is -1.26. The Hall–Kier alpha value is -4.71. The number of aromatic nitrogens is 5. The highest BCUT2D eigenvalue weighted by Crippen LogP contribution is 2.48. The number of aryl methyl sites for hydroxylation is 1. The van der Waals surface area contributed by atoms with Gasteiger partial charge in [0.1, 0.15) is 22.7 Å². The first-order valence-corrected chi connectivity index (χ1v) is 14.1. The van der Waals surface area contributed by atoms with E-state index in [1.807, 2.05) is 48.7 Å². The third kappa shape index (κ3) is 4.30. The Kier molecular flexibility index (Phi) is 6.23. The lowest BCUT2D eigenvalue weighted by atomic mass is 9.93. The molecule has 1 atom stereocenters. The number of hydrogen-bond acceptors (Lipinski definition) is 7. The number of fused-ring (bicyclic) bond motifs is 2. The Morgan fingerprint density at radius 2 is 1.86 bits per heavy atom. The molecule has 0 saturated heterocycles. The molecule has 7 rings (SSSR count). The topological polar surface area (TPSA) is 100 Å². The summed E-state index contributed by atoms with van der Waals surface area (Å²) < 4.78 is 48.0. The number of pyridine rings is 1. The van der Waals surface area contributed by atoms with Crippen LogP contribution in [0.2, 0.25) is 0 Å². The highest BCUT2D eigenvalue weighted by atomic mass is 32.1. The molecule has 8 nitrogen and oxygen atoms in total. The van der Waals surface area contributed by atoms with Crippen molar-refractivity contribution in [2.24, 2.45) is 5.92 Å². The van der Waals surface area contributed by atoms with Crippen molar-refractivity contribution >= 4 is 33.0 Å². The van der Waals surface area contributed by atoms with E-state index >= 15 is 0 Å².